The zero-order valence-electron chi connectivity index (χ0n) is 9.59. The van der Waals surface area contributed by atoms with Crippen LogP contribution < -0.4 is 5.32 Å². The summed E-state index contributed by atoms with van der Waals surface area (Å²) in [5.74, 6) is 1.06. The summed E-state index contributed by atoms with van der Waals surface area (Å²) in [6.07, 6.45) is 6.58. The van der Waals surface area contributed by atoms with Crippen LogP contribution in [0.25, 0.3) is 0 Å². The van der Waals surface area contributed by atoms with E-state index in [0.717, 1.165) is 31.0 Å². The van der Waals surface area contributed by atoms with Gasteiger partial charge in [0.05, 0.1) is 5.69 Å². The Hall–Kier alpha value is -1.69. The summed E-state index contributed by atoms with van der Waals surface area (Å²) < 4.78 is 3.87. The molecule has 0 spiro atoms. The molecule has 0 atom stereocenters. The molecule has 0 bridgehead atoms. The lowest BCUT2D eigenvalue weighted by molar-refractivity contribution is 0.569. The molecule has 0 saturated heterocycles. The van der Waals surface area contributed by atoms with Gasteiger partial charge in [-0.15, -0.1) is 5.10 Å². The number of hydrogen-bond acceptors (Lipinski definition) is 4. The van der Waals surface area contributed by atoms with E-state index in [1.54, 1.807) is 0 Å². The van der Waals surface area contributed by atoms with Gasteiger partial charge in [0.15, 0.2) is 0 Å². The fourth-order valence-corrected chi connectivity index (χ4v) is 1.56. The first-order valence-electron chi connectivity index (χ1n) is 5.29. The van der Waals surface area contributed by atoms with Crippen molar-refractivity contribution >= 4 is 0 Å². The number of aryl methyl sites for hydroxylation is 3. The van der Waals surface area contributed by atoms with Crippen molar-refractivity contribution in [3.05, 3.63) is 30.1 Å². The summed E-state index contributed by atoms with van der Waals surface area (Å²) in [7, 11) is 3.89. The molecule has 2 aromatic rings. The van der Waals surface area contributed by atoms with E-state index in [9.17, 15) is 0 Å². The first kappa shape index (κ1) is 10.8. The van der Waals surface area contributed by atoms with Crippen LogP contribution in [0.4, 0.5) is 0 Å². The highest BCUT2D eigenvalue weighted by atomic mass is 15.4. The van der Waals surface area contributed by atoms with Gasteiger partial charge in [-0.25, -0.2) is 4.98 Å². The third kappa shape index (κ3) is 2.46. The van der Waals surface area contributed by atoms with Gasteiger partial charge in [-0.2, -0.15) is 0 Å². The van der Waals surface area contributed by atoms with Crippen molar-refractivity contribution < 1.29 is 0 Å². The van der Waals surface area contributed by atoms with Crippen molar-refractivity contribution in [2.75, 3.05) is 7.05 Å². The molecule has 0 aliphatic rings. The van der Waals surface area contributed by atoms with Crippen molar-refractivity contribution in [1.29, 1.82) is 0 Å². The van der Waals surface area contributed by atoms with Gasteiger partial charge in [-0.3, -0.25) is 4.68 Å². The Labute approximate surface area is 94.3 Å². The third-order valence-corrected chi connectivity index (χ3v) is 2.43. The van der Waals surface area contributed by atoms with Crippen LogP contribution in [-0.4, -0.2) is 31.6 Å². The summed E-state index contributed by atoms with van der Waals surface area (Å²) in [5.41, 5.74) is 0.961. The fraction of sp³-hybridized carbons (Fsp3) is 0.500. The number of aromatic nitrogens is 5. The van der Waals surface area contributed by atoms with E-state index < -0.39 is 0 Å². The zero-order chi connectivity index (χ0) is 11.4. The molecule has 2 heterocycles. The van der Waals surface area contributed by atoms with Gasteiger partial charge in [0.1, 0.15) is 5.82 Å². The number of nitrogens with one attached hydrogen (secondary N) is 1. The van der Waals surface area contributed by atoms with Crippen LogP contribution in [0.5, 0.6) is 0 Å². The SMILES string of the molecule is CNCc1cn(CCc2nccn2C)nn1. The Morgan fingerprint density at radius 1 is 1.44 bits per heavy atom. The van der Waals surface area contributed by atoms with Gasteiger partial charge >= 0.3 is 0 Å². The molecular weight excluding hydrogens is 204 g/mol. The average molecular weight is 220 g/mol. The van der Waals surface area contributed by atoms with E-state index >= 15 is 0 Å². The van der Waals surface area contributed by atoms with Gasteiger partial charge in [-0.05, 0) is 7.05 Å². The summed E-state index contributed by atoms with van der Waals surface area (Å²) in [4.78, 5) is 4.26. The molecule has 2 rings (SSSR count). The molecule has 0 aliphatic heterocycles. The van der Waals surface area contributed by atoms with Crippen LogP contribution in [0.15, 0.2) is 18.6 Å². The van der Waals surface area contributed by atoms with Crippen molar-refractivity contribution in [1.82, 2.24) is 29.9 Å². The third-order valence-electron chi connectivity index (χ3n) is 2.43. The summed E-state index contributed by atoms with van der Waals surface area (Å²) in [6.45, 7) is 1.56. The van der Waals surface area contributed by atoms with E-state index in [2.05, 4.69) is 20.6 Å². The maximum Gasteiger partial charge on any atom is 0.110 e. The maximum atomic E-state index is 4.26. The zero-order valence-corrected chi connectivity index (χ0v) is 9.59. The highest BCUT2D eigenvalue weighted by molar-refractivity contribution is 4.93. The minimum absolute atomic E-state index is 0.752. The second-order valence-electron chi connectivity index (χ2n) is 3.71. The summed E-state index contributed by atoms with van der Waals surface area (Å²) >= 11 is 0. The maximum absolute atomic E-state index is 4.26. The van der Waals surface area contributed by atoms with E-state index in [-0.39, 0.29) is 0 Å². The van der Waals surface area contributed by atoms with Gasteiger partial charge < -0.3 is 9.88 Å². The normalized spacial score (nSPS) is 10.9. The van der Waals surface area contributed by atoms with Crippen molar-refractivity contribution in [2.24, 2.45) is 7.05 Å². The Morgan fingerprint density at radius 2 is 2.31 bits per heavy atom. The molecule has 0 fully saturated rings. The lowest BCUT2D eigenvalue weighted by atomic mass is 10.4. The van der Waals surface area contributed by atoms with E-state index in [4.69, 9.17) is 0 Å². The molecule has 0 aliphatic carbocycles. The highest BCUT2D eigenvalue weighted by Crippen LogP contribution is 1.99. The quantitative estimate of drug-likeness (QED) is 0.769. The van der Waals surface area contributed by atoms with Gasteiger partial charge in [-0.1, -0.05) is 5.21 Å². The molecule has 2 aromatic heterocycles. The van der Waals surface area contributed by atoms with E-state index in [1.165, 1.54) is 0 Å². The van der Waals surface area contributed by atoms with Crippen LogP contribution in [0.3, 0.4) is 0 Å². The van der Waals surface area contributed by atoms with E-state index in [0.29, 0.717) is 0 Å². The molecule has 0 saturated carbocycles. The highest BCUT2D eigenvalue weighted by Gasteiger charge is 2.02. The molecule has 0 aromatic carbocycles. The predicted octanol–water partition coefficient (Wildman–Crippen LogP) is -0.0263. The summed E-state index contributed by atoms with van der Waals surface area (Å²) in [6, 6.07) is 0. The largest absolute Gasteiger partial charge is 0.338 e. The topological polar surface area (TPSA) is 60.6 Å². The van der Waals surface area contributed by atoms with Crippen molar-refractivity contribution in [2.45, 2.75) is 19.5 Å². The molecule has 0 amide bonds. The van der Waals surface area contributed by atoms with Crippen molar-refractivity contribution in [3.8, 4) is 0 Å². The first-order chi connectivity index (χ1) is 7.79. The minimum atomic E-state index is 0.752. The number of hydrogen-bond donors (Lipinski definition) is 1. The molecule has 0 radical (unpaired) electrons. The summed E-state index contributed by atoms with van der Waals surface area (Å²) in [5, 5.41) is 11.1. The molecule has 86 valence electrons. The van der Waals surface area contributed by atoms with Crippen LogP contribution in [0.1, 0.15) is 11.5 Å². The van der Waals surface area contributed by atoms with Crippen LogP contribution in [-0.2, 0) is 26.6 Å². The number of imidazole rings is 1. The Kier molecular flexibility index (Phi) is 3.31. The molecule has 1 N–H and O–H groups in total. The lowest BCUT2D eigenvalue weighted by Gasteiger charge is -2.01. The number of nitrogens with zero attached hydrogens (tertiary/aromatic N) is 5. The second kappa shape index (κ2) is 4.89. The lowest BCUT2D eigenvalue weighted by Crippen LogP contribution is -2.06. The molecule has 6 heteroatoms. The Bertz CT molecular complexity index is 444. The van der Waals surface area contributed by atoms with Crippen LogP contribution in [0, 0.1) is 0 Å². The standard InChI is InChI=1S/C10H16N6/c1-11-7-9-8-16(14-13-9)5-3-10-12-4-6-15(10)2/h4,6,8,11H,3,5,7H2,1-2H3. The van der Waals surface area contributed by atoms with Gasteiger partial charge in [0.25, 0.3) is 0 Å². The second-order valence-corrected chi connectivity index (χ2v) is 3.71. The van der Waals surface area contributed by atoms with Crippen LogP contribution >= 0.6 is 0 Å². The number of rotatable bonds is 5. The van der Waals surface area contributed by atoms with Crippen molar-refractivity contribution in [3.63, 3.8) is 0 Å². The van der Waals surface area contributed by atoms with Gasteiger partial charge in [0, 0.05) is 45.1 Å². The molecule has 16 heavy (non-hydrogen) atoms. The molecule has 6 nitrogen and oxygen atoms in total. The van der Waals surface area contributed by atoms with Gasteiger partial charge in [0.2, 0.25) is 0 Å². The Morgan fingerprint density at radius 3 is 3.00 bits per heavy atom. The first-order valence-corrected chi connectivity index (χ1v) is 5.29. The Balaban J connectivity index is 1.92. The average Bonchev–Trinajstić information content (AvgIpc) is 2.86. The van der Waals surface area contributed by atoms with Crippen LogP contribution in [0.2, 0.25) is 0 Å². The van der Waals surface area contributed by atoms with E-state index in [1.807, 2.05) is 41.9 Å². The monoisotopic (exact) mass is 220 g/mol. The molecular formula is C10H16N6. The predicted molar refractivity (Wildman–Crippen MR) is 59.7 cm³/mol. The smallest absolute Gasteiger partial charge is 0.110 e. The molecule has 0 unspecified atom stereocenters. The minimum Gasteiger partial charge on any atom is -0.338 e. The fourth-order valence-electron chi connectivity index (χ4n) is 1.56.